The van der Waals surface area contributed by atoms with Crippen LogP contribution in [0, 0.1) is 10.1 Å². The summed E-state index contributed by atoms with van der Waals surface area (Å²) in [6.07, 6.45) is 1.53. The zero-order valence-electron chi connectivity index (χ0n) is 16.2. The first-order chi connectivity index (χ1) is 15.4. The van der Waals surface area contributed by atoms with Crippen molar-refractivity contribution in [2.45, 2.75) is 0 Å². The summed E-state index contributed by atoms with van der Waals surface area (Å²) in [5, 5.41) is 11.3. The van der Waals surface area contributed by atoms with Gasteiger partial charge in [-0.2, -0.15) is 0 Å². The van der Waals surface area contributed by atoms with Gasteiger partial charge in [0.05, 0.1) is 10.5 Å². The molecule has 0 unspecified atom stereocenters. The van der Waals surface area contributed by atoms with E-state index in [9.17, 15) is 19.7 Å². The molecule has 32 heavy (non-hydrogen) atoms. The summed E-state index contributed by atoms with van der Waals surface area (Å²) in [4.78, 5) is 38.9. The number of non-ortho nitro benzene ring substituents is 1. The number of aliphatic imine (C=N–C) groups is 1. The molecule has 1 heterocycles. The van der Waals surface area contributed by atoms with Gasteiger partial charge >= 0.3 is 11.9 Å². The van der Waals surface area contributed by atoms with E-state index in [4.69, 9.17) is 21.1 Å². The Morgan fingerprint density at radius 1 is 1.06 bits per heavy atom. The van der Waals surface area contributed by atoms with Crippen molar-refractivity contribution >= 4 is 41.2 Å². The number of cyclic esters (lactones) is 1. The molecule has 0 atom stereocenters. The molecule has 8 nitrogen and oxygen atoms in total. The van der Waals surface area contributed by atoms with Crippen LogP contribution in [-0.2, 0) is 9.53 Å². The Kier molecular flexibility index (Phi) is 5.78. The predicted molar refractivity (Wildman–Crippen MR) is 117 cm³/mol. The molecule has 0 spiro atoms. The Bertz CT molecular complexity index is 1300. The number of rotatable bonds is 5. The summed E-state index contributed by atoms with van der Waals surface area (Å²) in [7, 11) is 0. The molecule has 0 radical (unpaired) electrons. The molecule has 3 aromatic rings. The first-order valence-corrected chi connectivity index (χ1v) is 9.62. The normalized spacial score (nSPS) is 14.1. The summed E-state index contributed by atoms with van der Waals surface area (Å²) in [5.41, 5.74) is 1.17. The van der Waals surface area contributed by atoms with Crippen molar-refractivity contribution < 1.29 is 24.0 Å². The second-order valence-corrected chi connectivity index (χ2v) is 7.05. The third-order valence-electron chi connectivity index (χ3n) is 4.38. The molecule has 0 N–H and O–H groups in total. The Hall–Kier alpha value is -4.30. The quantitative estimate of drug-likeness (QED) is 0.182. The summed E-state index contributed by atoms with van der Waals surface area (Å²) in [6, 6.07) is 18.4. The van der Waals surface area contributed by atoms with Crippen molar-refractivity contribution in [2.24, 2.45) is 4.99 Å². The van der Waals surface area contributed by atoms with Crippen LogP contribution in [0.25, 0.3) is 6.08 Å². The maximum atomic E-state index is 12.2. The number of carbonyl (C=O) groups excluding carboxylic acids is 2. The lowest BCUT2D eigenvalue weighted by Crippen LogP contribution is -2.08. The lowest BCUT2D eigenvalue weighted by molar-refractivity contribution is -0.384. The first-order valence-electron chi connectivity index (χ1n) is 9.24. The van der Waals surface area contributed by atoms with Gasteiger partial charge in [0.15, 0.2) is 5.70 Å². The number of nitrogens with zero attached hydrogens (tertiary/aromatic N) is 2. The third-order valence-corrected chi connectivity index (χ3v) is 4.61. The van der Waals surface area contributed by atoms with Crippen molar-refractivity contribution in [3.05, 3.63) is 110 Å². The molecule has 1 aliphatic heterocycles. The van der Waals surface area contributed by atoms with E-state index in [2.05, 4.69) is 4.99 Å². The van der Waals surface area contributed by atoms with Crippen molar-refractivity contribution in [2.75, 3.05) is 0 Å². The monoisotopic (exact) mass is 448 g/mol. The Balaban J connectivity index is 1.48. The van der Waals surface area contributed by atoms with Crippen LogP contribution in [0.2, 0.25) is 5.02 Å². The van der Waals surface area contributed by atoms with E-state index in [1.54, 1.807) is 36.4 Å². The first kappa shape index (κ1) is 21.0. The summed E-state index contributed by atoms with van der Waals surface area (Å²) >= 11 is 5.96. The second-order valence-electron chi connectivity index (χ2n) is 6.61. The molecular weight excluding hydrogens is 436 g/mol. The van der Waals surface area contributed by atoms with Crippen molar-refractivity contribution in [1.29, 1.82) is 0 Å². The largest absolute Gasteiger partial charge is 0.423 e. The molecule has 3 aromatic carbocycles. The lowest BCUT2D eigenvalue weighted by atomic mass is 10.2. The van der Waals surface area contributed by atoms with Crippen LogP contribution < -0.4 is 4.74 Å². The van der Waals surface area contributed by atoms with E-state index in [-0.39, 0.29) is 28.6 Å². The molecule has 0 saturated heterocycles. The molecule has 0 fully saturated rings. The average Bonchev–Trinajstić information content (AvgIpc) is 3.15. The molecule has 0 aliphatic carbocycles. The fourth-order valence-electron chi connectivity index (χ4n) is 2.86. The predicted octanol–water partition coefficient (Wildman–Crippen LogP) is 4.81. The van der Waals surface area contributed by atoms with Crippen LogP contribution in [0.5, 0.6) is 5.75 Å². The zero-order valence-corrected chi connectivity index (χ0v) is 17.0. The summed E-state index contributed by atoms with van der Waals surface area (Å²) in [5.74, 6) is -0.928. The molecule has 0 bridgehead atoms. The average molecular weight is 449 g/mol. The smallest absolute Gasteiger partial charge is 0.363 e. The Morgan fingerprint density at radius 3 is 2.53 bits per heavy atom. The maximum Gasteiger partial charge on any atom is 0.363 e. The SMILES string of the molecule is O=C1OC(c2cccc(Cl)c2)=N/C1=C\c1ccc(OC(=O)c2cccc([N+](=O)[O-])c2)cc1. The Labute approximate surface area is 186 Å². The van der Waals surface area contributed by atoms with E-state index < -0.39 is 16.9 Å². The van der Waals surface area contributed by atoms with Crippen LogP contribution in [0.4, 0.5) is 5.69 Å². The zero-order chi connectivity index (χ0) is 22.7. The second kappa shape index (κ2) is 8.83. The van der Waals surface area contributed by atoms with Gasteiger partial charge in [-0.25, -0.2) is 14.6 Å². The van der Waals surface area contributed by atoms with Gasteiger partial charge in [0.25, 0.3) is 5.69 Å². The highest BCUT2D eigenvalue weighted by Gasteiger charge is 2.24. The molecular formula is C23H13ClN2O6. The van der Waals surface area contributed by atoms with Gasteiger partial charge in [-0.3, -0.25) is 10.1 Å². The van der Waals surface area contributed by atoms with Crippen LogP contribution in [0.3, 0.4) is 0 Å². The van der Waals surface area contributed by atoms with Gasteiger partial charge in [0.2, 0.25) is 5.90 Å². The fourth-order valence-corrected chi connectivity index (χ4v) is 3.05. The summed E-state index contributed by atoms with van der Waals surface area (Å²) < 4.78 is 10.5. The number of esters is 2. The molecule has 0 saturated carbocycles. The number of nitro benzene ring substituents is 1. The summed E-state index contributed by atoms with van der Waals surface area (Å²) in [6.45, 7) is 0. The molecule has 0 amide bonds. The number of hydrogen-bond donors (Lipinski definition) is 0. The van der Waals surface area contributed by atoms with Gasteiger partial charge in [-0.1, -0.05) is 35.9 Å². The fraction of sp³-hybridized carbons (Fsp3) is 0. The molecule has 9 heteroatoms. The highest BCUT2D eigenvalue weighted by molar-refractivity contribution is 6.31. The number of carbonyl (C=O) groups is 2. The maximum absolute atomic E-state index is 12.2. The van der Waals surface area contributed by atoms with E-state index in [1.807, 2.05) is 0 Å². The standard InChI is InChI=1S/C23H13ClN2O6/c24-17-5-1-3-15(12-17)21-25-20(23(28)32-21)11-14-7-9-19(10-8-14)31-22(27)16-4-2-6-18(13-16)26(29)30/h1-13H/b20-11-. The van der Waals surface area contributed by atoms with Crippen LogP contribution >= 0.6 is 11.6 Å². The lowest BCUT2D eigenvalue weighted by Gasteiger charge is -2.04. The molecule has 1 aliphatic rings. The Morgan fingerprint density at radius 2 is 1.81 bits per heavy atom. The molecule has 158 valence electrons. The minimum absolute atomic E-state index is 0.0574. The van der Waals surface area contributed by atoms with E-state index in [1.165, 1.54) is 36.4 Å². The van der Waals surface area contributed by atoms with E-state index >= 15 is 0 Å². The topological polar surface area (TPSA) is 108 Å². The number of benzene rings is 3. The third kappa shape index (κ3) is 4.71. The number of hydrogen-bond acceptors (Lipinski definition) is 7. The number of ether oxygens (including phenoxy) is 2. The van der Waals surface area contributed by atoms with Crippen molar-refractivity contribution in [1.82, 2.24) is 0 Å². The van der Waals surface area contributed by atoms with Gasteiger partial charge in [-0.05, 0) is 48.0 Å². The highest BCUT2D eigenvalue weighted by atomic mass is 35.5. The van der Waals surface area contributed by atoms with Gasteiger partial charge < -0.3 is 9.47 Å². The van der Waals surface area contributed by atoms with Crippen LogP contribution in [0.15, 0.2) is 83.5 Å². The van der Waals surface area contributed by atoms with Gasteiger partial charge in [0, 0.05) is 22.7 Å². The molecule has 0 aromatic heterocycles. The van der Waals surface area contributed by atoms with Crippen LogP contribution in [-0.4, -0.2) is 22.8 Å². The van der Waals surface area contributed by atoms with Crippen molar-refractivity contribution in [3.63, 3.8) is 0 Å². The van der Waals surface area contributed by atoms with E-state index in [0.29, 0.717) is 16.1 Å². The van der Waals surface area contributed by atoms with Crippen LogP contribution in [0.1, 0.15) is 21.5 Å². The molecule has 4 rings (SSSR count). The number of halogens is 1. The van der Waals surface area contributed by atoms with E-state index in [0.717, 1.165) is 6.07 Å². The van der Waals surface area contributed by atoms with Gasteiger partial charge in [0.1, 0.15) is 5.75 Å². The minimum atomic E-state index is -0.727. The minimum Gasteiger partial charge on any atom is -0.423 e. The van der Waals surface area contributed by atoms with Crippen molar-refractivity contribution in [3.8, 4) is 5.75 Å². The number of nitro groups is 1. The van der Waals surface area contributed by atoms with Gasteiger partial charge in [-0.15, -0.1) is 0 Å². The highest BCUT2D eigenvalue weighted by Crippen LogP contribution is 2.22.